The second kappa shape index (κ2) is 7.44. The molecule has 0 heterocycles. The molecule has 0 aromatic heterocycles. The van der Waals surface area contributed by atoms with Crippen molar-refractivity contribution < 1.29 is 9.59 Å². The normalized spacial score (nSPS) is 11.2. The van der Waals surface area contributed by atoms with Crippen molar-refractivity contribution in [2.45, 2.75) is 39.8 Å². The van der Waals surface area contributed by atoms with Crippen LogP contribution in [0, 0.1) is 0 Å². The lowest BCUT2D eigenvalue weighted by atomic mass is 10.3. The number of carbonyl (C=O) groups is 2. The first-order chi connectivity index (χ1) is 7.40. The molecule has 0 rings (SSSR count). The molecule has 0 aromatic rings. The molecule has 0 bridgehead atoms. The van der Waals surface area contributed by atoms with E-state index >= 15 is 0 Å². The molecule has 0 aliphatic heterocycles. The van der Waals surface area contributed by atoms with E-state index in [9.17, 15) is 9.59 Å². The molecule has 0 aliphatic carbocycles. The molecule has 0 saturated carbocycles. The minimum Gasteiger partial charge on any atom is -0.335 e. The molecular weight excluding hydrogens is 272 g/mol. The summed E-state index contributed by atoms with van der Waals surface area (Å²) in [5.41, 5.74) is 0. The average molecular weight is 291 g/mol. The van der Waals surface area contributed by atoms with Gasteiger partial charge in [-0.25, -0.2) is 4.79 Å². The maximum Gasteiger partial charge on any atom is 0.324 e. The minimum atomic E-state index is -0.353. The Balaban J connectivity index is 4.67. The molecule has 92 valence electrons. The molecule has 5 heteroatoms. The molecule has 0 spiro atoms. The van der Waals surface area contributed by atoms with Gasteiger partial charge in [-0.1, -0.05) is 22.0 Å². The van der Waals surface area contributed by atoms with Crippen molar-refractivity contribution >= 4 is 27.9 Å². The maximum atomic E-state index is 11.7. The SMILES string of the molecule is CC(C)NC(=O)N(C(=O)/C=C/CBr)C(C)C. The number of urea groups is 1. The Hall–Kier alpha value is -0.840. The summed E-state index contributed by atoms with van der Waals surface area (Å²) in [5.74, 6) is -0.299. The second-order valence-corrected chi connectivity index (χ2v) is 4.61. The Morgan fingerprint density at radius 3 is 2.25 bits per heavy atom. The highest BCUT2D eigenvalue weighted by atomic mass is 79.9. The van der Waals surface area contributed by atoms with Gasteiger partial charge in [0, 0.05) is 23.5 Å². The van der Waals surface area contributed by atoms with Gasteiger partial charge in [0.15, 0.2) is 0 Å². The van der Waals surface area contributed by atoms with Crippen LogP contribution in [-0.4, -0.2) is 34.3 Å². The Labute approximate surface area is 105 Å². The molecule has 0 saturated heterocycles. The molecule has 3 amide bonds. The third kappa shape index (κ3) is 5.30. The van der Waals surface area contributed by atoms with Crippen molar-refractivity contribution in [3.63, 3.8) is 0 Å². The van der Waals surface area contributed by atoms with Gasteiger partial charge in [0.05, 0.1) is 0 Å². The van der Waals surface area contributed by atoms with Gasteiger partial charge >= 0.3 is 6.03 Å². The predicted molar refractivity (Wildman–Crippen MR) is 68.6 cm³/mol. The first kappa shape index (κ1) is 15.2. The summed E-state index contributed by atoms with van der Waals surface area (Å²) in [4.78, 5) is 24.7. The van der Waals surface area contributed by atoms with E-state index in [1.165, 1.54) is 11.0 Å². The molecule has 0 unspecified atom stereocenters. The van der Waals surface area contributed by atoms with E-state index in [1.807, 2.05) is 13.8 Å². The zero-order valence-electron chi connectivity index (χ0n) is 10.2. The molecule has 0 radical (unpaired) electrons. The van der Waals surface area contributed by atoms with Crippen molar-refractivity contribution in [1.82, 2.24) is 10.2 Å². The number of amides is 3. The number of hydrogen-bond donors (Lipinski definition) is 1. The minimum absolute atomic E-state index is 0.0155. The van der Waals surface area contributed by atoms with Gasteiger partial charge in [-0.3, -0.25) is 9.69 Å². The summed E-state index contributed by atoms with van der Waals surface area (Å²) >= 11 is 3.18. The molecule has 1 N–H and O–H groups in total. The molecule has 4 nitrogen and oxygen atoms in total. The predicted octanol–water partition coefficient (Wildman–Crippen LogP) is 2.29. The molecule has 0 fully saturated rings. The van der Waals surface area contributed by atoms with Crippen molar-refractivity contribution in [1.29, 1.82) is 0 Å². The van der Waals surface area contributed by atoms with Crippen LogP contribution in [0.4, 0.5) is 4.79 Å². The Morgan fingerprint density at radius 2 is 1.88 bits per heavy atom. The lowest BCUT2D eigenvalue weighted by Gasteiger charge is -2.24. The highest BCUT2D eigenvalue weighted by molar-refractivity contribution is 9.09. The second-order valence-electron chi connectivity index (χ2n) is 3.96. The molecule has 16 heavy (non-hydrogen) atoms. The zero-order chi connectivity index (χ0) is 12.7. The fourth-order valence-corrected chi connectivity index (χ4v) is 1.32. The molecule has 0 aromatic carbocycles. The van der Waals surface area contributed by atoms with Crippen LogP contribution in [0.1, 0.15) is 27.7 Å². The highest BCUT2D eigenvalue weighted by Gasteiger charge is 2.22. The summed E-state index contributed by atoms with van der Waals surface area (Å²) in [5, 5.41) is 3.30. The number of imide groups is 1. The number of halogens is 1. The Bertz CT molecular complexity index is 275. The summed E-state index contributed by atoms with van der Waals surface area (Å²) in [7, 11) is 0. The van der Waals surface area contributed by atoms with E-state index in [0.717, 1.165) is 0 Å². The van der Waals surface area contributed by atoms with Gasteiger partial charge in [-0.05, 0) is 27.7 Å². The lowest BCUT2D eigenvalue weighted by Crippen LogP contribution is -2.48. The fraction of sp³-hybridized carbons (Fsp3) is 0.636. The van der Waals surface area contributed by atoms with Crippen LogP contribution in [0.15, 0.2) is 12.2 Å². The summed E-state index contributed by atoms with van der Waals surface area (Å²) in [6.45, 7) is 7.32. The van der Waals surface area contributed by atoms with Gasteiger partial charge < -0.3 is 5.32 Å². The zero-order valence-corrected chi connectivity index (χ0v) is 11.7. The number of rotatable bonds is 4. The van der Waals surface area contributed by atoms with Gasteiger partial charge in [-0.15, -0.1) is 0 Å². The van der Waals surface area contributed by atoms with Crippen LogP contribution < -0.4 is 5.32 Å². The Kier molecular flexibility index (Phi) is 7.05. The first-order valence-corrected chi connectivity index (χ1v) is 6.38. The van der Waals surface area contributed by atoms with Crippen LogP contribution in [0.25, 0.3) is 0 Å². The van der Waals surface area contributed by atoms with Crippen LogP contribution in [-0.2, 0) is 4.79 Å². The quantitative estimate of drug-likeness (QED) is 0.638. The van der Waals surface area contributed by atoms with E-state index in [2.05, 4.69) is 21.2 Å². The van der Waals surface area contributed by atoms with Crippen molar-refractivity contribution in [2.75, 3.05) is 5.33 Å². The van der Waals surface area contributed by atoms with Crippen molar-refractivity contribution in [2.24, 2.45) is 0 Å². The monoisotopic (exact) mass is 290 g/mol. The number of nitrogens with zero attached hydrogens (tertiary/aromatic N) is 1. The van der Waals surface area contributed by atoms with Crippen LogP contribution in [0.3, 0.4) is 0 Å². The van der Waals surface area contributed by atoms with Gasteiger partial charge in [-0.2, -0.15) is 0 Å². The van der Waals surface area contributed by atoms with Crippen molar-refractivity contribution in [3.8, 4) is 0 Å². The number of nitrogens with one attached hydrogen (secondary N) is 1. The summed E-state index contributed by atoms with van der Waals surface area (Å²) in [6, 6.07) is -0.498. The highest BCUT2D eigenvalue weighted by Crippen LogP contribution is 2.02. The van der Waals surface area contributed by atoms with Gasteiger partial charge in [0.25, 0.3) is 5.91 Å². The number of hydrogen-bond acceptors (Lipinski definition) is 2. The summed E-state index contributed by atoms with van der Waals surface area (Å²) in [6.07, 6.45) is 3.06. The first-order valence-electron chi connectivity index (χ1n) is 5.26. The number of carbonyl (C=O) groups excluding carboxylic acids is 2. The van der Waals surface area contributed by atoms with E-state index in [-0.39, 0.29) is 24.0 Å². The maximum absolute atomic E-state index is 11.7. The van der Waals surface area contributed by atoms with Crippen LogP contribution >= 0.6 is 15.9 Å². The third-order valence-electron chi connectivity index (χ3n) is 1.73. The van der Waals surface area contributed by atoms with E-state index < -0.39 is 0 Å². The number of alkyl halides is 1. The standard InChI is InChI=1S/C11H19BrN2O2/c1-8(2)13-11(16)14(9(3)4)10(15)6-5-7-12/h5-6,8-9H,7H2,1-4H3,(H,13,16)/b6-5+. The van der Waals surface area contributed by atoms with Crippen molar-refractivity contribution in [3.05, 3.63) is 12.2 Å². The van der Waals surface area contributed by atoms with Gasteiger partial charge in [0.2, 0.25) is 0 Å². The smallest absolute Gasteiger partial charge is 0.324 e. The average Bonchev–Trinajstić information content (AvgIpc) is 2.12. The molecule has 0 atom stereocenters. The van der Waals surface area contributed by atoms with Crippen LogP contribution in [0.2, 0.25) is 0 Å². The van der Waals surface area contributed by atoms with E-state index in [4.69, 9.17) is 0 Å². The van der Waals surface area contributed by atoms with E-state index in [0.29, 0.717) is 5.33 Å². The van der Waals surface area contributed by atoms with E-state index in [1.54, 1.807) is 19.9 Å². The summed E-state index contributed by atoms with van der Waals surface area (Å²) < 4.78 is 0. The largest absolute Gasteiger partial charge is 0.335 e. The van der Waals surface area contributed by atoms with Gasteiger partial charge in [0.1, 0.15) is 0 Å². The Morgan fingerprint density at radius 1 is 1.31 bits per heavy atom. The number of allylic oxidation sites excluding steroid dienone is 1. The fourth-order valence-electron chi connectivity index (χ4n) is 1.13. The topological polar surface area (TPSA) is 49.4 Å². The lowest BCUT2D eigenvalue weighted by molar-refractivity contribution is -0.124. The molecular formula is C11H19BrN2O2. The molecule has 0 aliphatic rings. The van der Waals surface area contributed by atoms with Crippen LogP contribution in [0.5, 0.6) is 0 Å². The third-order valence-corrected chi connectivity index (χ3v) is 2.11.